The second-order valence-corrected chi connectivity index (χ2v) is 9.06. The van der Waals surface area contributed by atoms with Crippen LogP contribution in [0.25, 0.3) is 27.7 Å². The molecule has 1 aliphatic heterocycles. The minimum Gasteiger partial charge on any atom is -0.479 e. The highest BCUT2D eigenvalue weighted by molar-refractivity contribution is 5.90. The molecule has 1 aromatic carbocycles. The van der Waals surface area contributed by atoms with Crippen LogP contribution in [-0.4, -0.2) is 74.7 Å². The number of hydrogen-bond acceptors (Lipinski definition) is 6. The van der Waals surface area contributed by atoms with Crippen molar-refractivity contribution in [3.63, 3.8) is 0 Å². The number of aryl methyl sites for hydroxylation is 1. The summed E-state index contributed by atoms with van der Waals surface area (Å²) in [5.41, 5.74) is -0.175. The van der Waals surface area contributed by atoms with Crippen molar-refractivity contribution in [1.29, 1.82) is 0 Å². The summed E-state index contributed by atoms with van der Waals surface area (Å²) in [7, 11) is 2.86. The smallest absolute Gasteiger partial charge is 0.280 e. The number of rotatable bonds is 6. The molecule has 0 saturated carbocycles. The van der Waals surface area contributed by atoms with Gasteiger partial charge in [-0.1, -0.05) is 0 Å². The molecule has 1 saturated heterocycles. The first-order valence-corrected chi connectivity index (χ1v) is 11.4. The van der Waals surface area contributed by atoms with Gasteiger partial charge in [-0.2, -0.15) is 4.98 Å². The minimum atomic E-state index is -3.06. The monoisotopic (exact) mass is 527 g/mol. The van der Waals surface area contributed by atoms with E-state index in [1.807, 2.05) is 0 Å². The Hall–Kier alpha value is -3.55. The maximum Gasteiger partial charge on any atom is 0.280 e. The average molecular weight is 527 g/mol. The van der Waals surface area contributed by atoms with E-state index < -0.39 is 43.1 Å². The lowest BCUT2D eigenvalue weighted by Crippen LogP contribution is -2.53. The third-order valence-electron chi connectivity index (χ3n) is 6.45. The molecule has 198 valence electrons. The topological polar surface area (TPSA) is 72.5 Å². The number of nitrogens with zero attached hydrogens (tertiary/aromatic N) is 6. The number of hydrogen-bond donors (Lipinski definition) is 1. The standard InChI is InChI=1S/C23H23F6N7O/c1-11-30-19-13(24)6-12(7-15(19)35(11)9-17(26)27)18-14(25)8-36-20(18)21(37-3)32-22(33-36)31-16-4-5-34(2)10-23(16,28)29/h6-8,16-17H,4-5,9-10H2,1-3H3,(H,31,33)/t16-/m1/s1. The third-order valence-corrected chi connectivity index (χ3v) is 6.45. The number of methoxy groups -OCH3 is 1. The summed E-state index contributed by atoms with van der Waals surface area (Å²) < 4.78 is 93.1. The van der Waals surface area contributed by atoms with Crippen molar-refractivity contribution in [1.82, 2.24) is 29.0 Å². The number of likely N-dealkylation sites (tertiary alicyclic amines) is 1. The number of piperidine rings is 1. The van der Waals surface area contributed by atoms with Gasteiger partial charge in [0, 0.05) is 6.54 Å². The average Bonchev–Trinajstić information content (AvgIpc) is 3.30. The van der Waals surface area contributed by atoms with Gasteiger partial charge in [0.15, 0.2) is 11.6 Å². The lowest BCUT2D eigenvalue weighted by molar-refractivity contribution is -0.0675. The molecule has 1 N–H and O–H groups in total. The minimum absolute atomic E-state index is 0.0103. The Morgan fingerprint density at radius 3 is 2.62 bits per heavy atom. The molecule has 4 heterocycles. The largest absolute Gasteiger partial charge is 0.479 e. The van der Waals surface area contributed by atoms with Gasteiger partial charge in [0.05, 0.1) is 43.5 Å². The fourth-order valence-corrected chi connectivity index (χ4v) is 4.75. The SMILES string of the molecule is COc1nc(N[C@@H]2CCN(C)CC2(F)F)nn2cc(F)c(-c3cc(F)c4nc(C)n(CC(F)F)c4c3)c12. The van der Waals surface area contributed by atoms with Gasteiger partial charge in [0.25, 0.3) is 12.3 Å². The predicted octanol–water partition coefficient (Wildman–Crippen LogP) is 4.36. The second kappa shape index (κ2) is 9.08. The molecule has 0 spiro atoms. The maximum absolute atomic E-state index is 15.3. The van der Waals surface area contributed by atoms with Gasteiger partial charge in [0.1, 0.15) is 16.9 Å². The predicted molar refractivity (Wildman–Crippen MR) is 123 cm³/mol. The molecule has 1 atom stereocenters. The zero-order chi connectivity index (χ0) is 26.6. The fraction of sp³-hybridized carbons (Fsp3) is 0.435. The second-order valence-electron chi connectivity index (χ2n) is 9.06. The third kappa shape index (κ3) is 4.43. The highest BCUT2D eigenvalue weighted by Crippen LogP contribution is 2.37. The first kappa shape index (κ1) is 25.1. The van der Waals surface area contributed by atoms with Crippen LogP contribution in [0.1, 0.15) is 12.2 Å². The van der Waals surface area contributed by atoms with Gasteiger partial charge < -0.3 is 19.5 Å². The number of nitrogens with one attached hydrogen (secondary N) is 1. The molecule has 1 fully saturated rings. The molecule has 0 unspecified atom stereocenters. The summed E-state index contributed by atoms with van der Waals surface area (Å²) in [5.74, 6) is -4.89. The Bertz CT molecular complexity index is 1480. The molecular weight excluding hydrogens is 504 g/mol. The van der Waals surface area contributed by atoms with Crippen LogP contribution in [0.3, 0.4) is 0 Å². The van der Waals surface area contributed by atoms with E-state index >= 15 is 4.39 Å². The van der Waals surface area contributed by atoms with E-state index in [9.17, 15) is 22.0 Å². The van der Waals surface area contributed by atoms with Crippen LogP contribution in [0.4, 0.5) is 32.3 Å². The summed E-state index contributed by atoms with van der Waals surface area (Å²) in [4.78, 5) is 9.69. The first-order valence-electron chi connectivity index (χ1n) is 11.4. The zero-order valence-corrected chi connectivity index (χ0v) is 20.1. The molecule has 4 aromatic rings. The molecule has 14 heteroatoms. The summed E-state index contributed by atoms with van der Waals surface area (Å²) in [6, 6.07) is 1.13. The quantitative estimate of drug-likeness (QED) is 0.376. The summed E-state index contributed by atoms with van der Waals surface area (Å²) in [6.45, 7) is 0.745. The van der Waals surface area contributed by atoms with Crippen molar-refractivity contribution in [2.45, 2.75) is 38.3 Å². The van der Waals surface area contributed by atoms with Crippen molar-refractivity contribution in [3.8, 4) is 17.0 Å². The molecule has 0 aliphatic carbocycles. The number of benzene rings is 1. The van der Waals surface area contributed by atoms with E-state index in [-0.39, 0.29) is 51.8 Å². The number of halogens is 6. The molecule has 1 aliphatic rings. The van der Waals surface area contributed by atoms with E-state index in [1.165, 1.54) is 25.0 Å². The molecule has 0 amide bonds. The van der Waals surface area contributed by atoms with E-state index in [4.69, 9.17) is 4.74 Å². The number of alkyl halides is 4. The van der Waals surface area contributed by atoms with Gasteiger partial charge >= 0.3 is 0 Å². The van der Waals surface area contributed by atoms with Crippen molar-refractivity contribution in [2.75, 3.05) is 32.6 Å². The van der Waals surface area contributed by atoms with Crippen molar-refractivity contribution in [3.05, 3.63) is 35.8 Å². The van der Waals surface area contributed by atoms with Gasteiger partial charge in [-0.05, 0) is 38.1 Å². The lowest BCUT2D eigenvalue weighted by atomic mass is 10.0. The van der Waals surface area contributed by atoms with E-state index in [1.54, 1.807) is 7.05 Å². The Balaban J connectivity index is 1.61. The van der Waals surface area contributed by atoms with Crippen LogP contribution in [-0.2, 0) is 6.54 Å². The fourth-order valence-electron chi connectivity index (χ4n) is 4.75. The van der Waals surface area contributed by atoms with E-state index in [0.29, 0.717) is 6.54 Å². The summed E-state index contributed by atoms with van der Waals surface area (Å²) >= 11 is 0. The van der Waals surface area contributed by atoms with Crippen LogP contribution in [0.2, 0.25) is 0 Å². The number of anilines is 1. The molecule has 8 nitrogen and oxygen atoms in total. The number of fused-ring (bicyclic) bond motifs is 2. The molecule has 37 heavy (non-hydrogen) atoms. The molecule has 5 rings (SSSR count). The lowest BCUT2D eigenvalue weighted by Gasteiger charge is -2.36. The van der Waals surface area contributed by atoms with Crippen molar-refractivity contribution < 1.29 is 31.1 Å². The highest BCUT2D eigenvalue weighted by atomic mass is 19.3. The van der Waals surface area contributed by atoms with Crippen LogP contribution >= 0.6 is 0 Å². The van der Waals surface area contributed by atoms with Gasteiger partial charge in [-0.3, -0.25) is 0 Å². The molecule has 3 aromatic heterocycles. The first-order chi connectivity index (χ1) is 17.5. The number of imidazole rings is 1. The normalized spacial score (nSPS) is 18.3. The van der Waals surface area contributed by atoms with E-state index in [2.05, 4.69) is 20.4 Å². The number of aromatic nitrogens is 5. The Kier molecular flexibility index (Phi) is 6.16. The Morgan fingerprint density at radius 1 is 1.19 bits per heavy atom. The highest BCUT2D eigenvalue weighted by Gasteiger charge is 2.44. The Morgan fingerprint density at radius 2 is 1.95 bits per heavy atom. The van der Waals surface area contributed by atoms with Crippen LogP contribution in [0.15, 0.2) is 18.3 Å². The summed E-state index contributed by atoms with van der Waals surface area (Å²) in [5, 5.41) is 6.76. The Labute approximate surface area is 206 Å². The molecule has 0 radical (unpaired) electrons. The zero-order valence-electron chi connectivity index (χ0n) is 20.1. The van der Waals surface area contributed by atoms with Gasteiger partial charge in [-0.15, -0.1) is 5.10 Å². The van der Waals surface area contributed by atoms with Crippen LogP contribution in [0.5, 0.6) is 5.88 Å². The number of ether oxygens (including phenoxy) is 1. The summed E-state index contributed by atoms with van der Waals surface area (Å²) in [6.07, 6.45) is -1.61. The van der Waals surface area contributed by atoms with Gasteiger partial charge in [0.2, 0.25) is 11.8 Å². The molecular formula is C23H23F6N7O. The molecule has 0 bridgehead atoms. The van der Waals surface area contributed by atoms with Gasteiger partial charge in [-0.25, -0.2) is 35.8 Å². The van der Waals surface area contributed by atoms with Crippen LogP contribution < -0.4 is 10.1 Å². The maximum atomic E-state index is 15.3. The van der Waals surface area contributed by atoms with E-state index in [0.717, 1.165) is 21.3 Å². The van der Waals surface area contributed by atoms with Crippen molar-refractivity contribution in [2.24, 2.45) is 0 Å². The van der Waals surface area contributed by atoms with Crippen molar-refractivity contribution >= 4 is 22.5 Å². The van der Waals surface area contributed by atoms with Crippen LogP contribution in [0, 0.1) is 18.6 Å².